The van der Waals surface area contributed by atoms with Crippen molar-refractivity contribution in [3.63, 3.8) is 0 Å². The van der Waals surface area contributed by atoms with E-state index in [2.05, 4.69) is 5.16 Å². The molecule has 1 aromatic carbocycles. The first-order chi connectivity index (χ1) is 12.1. The molecule has 7 nitrogen and oxygen atoms in total. The highest BCUT2D eigenvalue weighted by atomic mass is 32.1. The number of carbonyl (C=O) groups excluding carboxylic acids is 1. The molecule has 0 aliphatic heterocycles. The summed E-state index contributed by atoms with van der Waals surface area (Å²) in [6.07, 6.45) is 2.49. The van der Waals surface area contributed by atoms with E-state index >= 15 is 0 Å². The Morgan fingerprint density at radius 2 is 2.16 bits per heavy atom. The monoisotopic (exact) mass is 356 g/mol. The molecule has 0 saturated carbocycles. The number of thiophene rings is 1. The number of para-hydroxylation sites is 1. The van der Waals surface area contributed by atoms with E-state index in [1.807, 2.05) is 17.5 Å². The van der Waals surface area contributed by atoms with Crippen LogP contribution in [0, 0.1) is 10.1 Å². The van der Waals surface area contributed by atoms with E-state index in [-0.39, 0.29) is 12.3 Å². The molecule has 0 unspecified atom stereocenters. The van der Waals surface area contributed by atoms with Crippen molar-refractivity contribution in [3.8, 4) is 10.6 Å². The quantitative estimate of drug-likeness (QED) is 0.286. The molecule has 2 aromatic heterocycles. The molecule has 0 fully saturated rings. The van der Waals surface area contributed by atoms with E-state index in [4.69, 9.17) is 9.26 Å². The molecule has 25 heavy (non-hydrogen) atoms. The number of esters is 1. The number of benzene rings is 1. The van der Waals surface area contributed by atoms with Crippen LogP contribution in [0.15, 0.2) is 58.4 Å². The Kier molecular flexibility index (Phi) is 5.00. The maximum Gasteiger partial charge on any atom is 0.331 e. The van der Waals surface area contributed by atoms with E-state index in [1.54, 1.807) is 24.3 Å². The number of nitro groups is 1. The molecule has 8 heteroatoms. The predicted molar refractivity (Wildman–Crippen MR) is 91.7 cm³/mol. The molecule has 3 rings (SSSR count). The van der Waals surface area contributed by atoms with Crippen LogP contribution < -0.4 is 0 Å². The second-order valence-electron chi connectivity index (χ2n) is 4.92. The summed E-state index contributed by atoms with van der Waals surface area (Å²) in [5, 5.41) is 16.7. The topological polar surface area (TPSA) is 95.5 Å². The Labute approximate surface area is 146 Å². The third-order valence-corrected chi connectivity index (χ3v) is 4.10. The summed E-state index contributed by atoms with van der Waals surface area (Å²) in [4.78, 5) is 23.1. The van der Waals surface area contributed by atoms with Crippen LogP contribution in [0.25, 0.3) is 16.7 Å². The van der Waals surface area contributed by atoms with Gasteiger partial charge in [-0.2, -0.15) is 0 Å². The second kappa shape index (κ2) is 7.54. The van der Waals surface area contributed by atoms with Crippen LogP contribution in [0.3, 0.4) is 0 Å². The maximum absolute atomic E-state index is 11.8. The van der Waals surface area contributed by atoms with Crippen molar-refractivity contribution in [1.29, 1.82) is 0 Å². The van der Waals surface area contributed by atoms with Crippen molar-refractivity contribution in [2.75, 3.05) is 0 Å². The molecule has 0 atom stereocenters. The minimum Gasteiger partial charge on any atom is -0.456 e. The standard InChI is InChI=1S/C17H12N2O5S/c20-17(8-7-12-4-1-2-5-14(12)19(21)22)23-11-13-10-15(24-18-13)16-6-3-9-25-16/h1-10H,11H2/b8-7+. The van der Waals surface area contributed by atoms with Crippen molar-refractivity contribution >= 4 is 29.1 Å². The highest BCUT2D eigenvalue weighted by Crippen LogP contribution is 2.25. The molecule has 0 saturated heterocycles. The average molecular weight is 356 g/mol. The van der Waals surface area contributed by atoms with Gasteiger partial charge in [0.25, 0.3) is 5.69 Å². The molecule has 0 aliphatic carbocycles. The fraction of sp³-hybridized carbons (Fsp3) is 0.0588. The minimum absolute atomic E-state index is 0.0467. The first-order valence-electron chi connectivity index (χ1n) is 7.21. The van der Waals surface area contributed by atoms with Crippen molar-refractivity contribution in [2.24, 2.45) is 0 Å². The first-order valence-corrected chi connectivity index (χ1v) is 8.09. The molecule has 0 spiro atoms. The largest absolute Gasteiger partial charge is 0.456 e. The Bertz CT molecular complexity index is 915. The Morgan fingerprint density at radius 1 is 1.32 bits per heavy atom. The lowest BCUT2D eigenvalue weighted by Gasteiger charge is -1.98. The first kappa shape index (κ1) is 16.6. The van der Waals surface area contributed by atoms with E-state index in [0.29, 0.717) is 17.0 Å². The normalized spacial score (nSPS) is 10.9. The van der Waals surface area contributed by atoms with Gasteiger partial charge in [0.2, 0.25) is 0 Å². The Morgan fingerprint density at radius 3 is 2.92 bits per heavy atom. The number of rotatable bonds is 6. The van der Waals surface area contributed by atoms with Gasteiger partial charge >= 0.3 is 5.97 Å². The van der Waals surface area contributed by atoms with Gasteiger partial charge in [-0.25, -0.2) is 4.79 Å². The van der Waals surface area contributed by atoms with E-state index in [9.17, 15) is 14.9 Å². The molecular weight excluding hydrogens is 344 g/mol. The average Bonchev–Trinajstić information content (AvgIpc) is 3.29. The molecule has 0 N–H and O–H groups in total. The maximum atomic E-state index is 11.8. The van der Waals surface area contributed by atoms with Gasteiger partial charge in [0.1, 0.15) is 12.3 Å². The van der Waals surface area contributed by atoms with Gasteiger partial charge in [0, 0.05) is 18.2 Å². The Hall–Kier alpha value is -3.26. The lowest BCUT2D eigenvalue weighted by Crippen LogP contribution is -2.01. The number of carbonyl (C=O) groups is 1. The van der Waals surface area contributed by atoms with Gasteiger partial charge < -0.3 is 9.26 Å². The molecule has 2 heterocycles. The van der Waals surface area contributed by atoms with E-state index in [1.165, 1.54) is 23.5 Å². The number of ether oxygens (including phenoxy) is 1. The minimum atomic E-state index is -0.626. The molecule has 3 aromatic rings. The van der Waals surface area contributed by atoms with Crippen LogP contribution in [-0.2, 0) is 16.1 Å². The highest BCUT2D eigenvalue weighted by molar-refractivity contribution is 7.13. The molecular formula is C17H12N2O5S. The van der Waals surface area contributed by atoms with Crippen molar-refractivity contribution in [1.82, 2.24) is 5.16 Å². The zero-order chi connectivity index (χ0) is 17.6. The molecule has 0 amide bonds. The van der Waals surface area contributed by atoms with Gasteiger partial charge in [0.05, 0.1) is 15.4 Å². The Balaban J connectivity index is 1.59. The van der Waals surface area contributed by atoms with Crippen LogP contribution in [0.2, 0.25) is 0 Å². The zero-order valence-electron chi connectivity index (χ0n) is 12.8. The summed E-state index contributed by atoms with van der Waals surface area (Å²) >= 11 is 1.52. The molecule has 126 valence electrons. The third kappa shape index (κ3) is 4.18. The van der Waals surface area contributed by atoms with Crippen LogP contribution in [0.4, 0.5) is 5.69 Å². The van der Waals surface area contributed by atoms with Gasteiger partial charge in [0.15, 0.2) is 5.76 Å². The summed E-state index contributed by atoms with van der Waals surface area (Å²) in [6.45, 7) is -0.0467. The van der Waals surface area contributed by atoms with Crippen LogP contribution in [0.1, 0.15) is 11.3 Å². The number of nitrogens with zero attached hydrogens (tertiary/aromatic N) is 2. The highest BCUT2D eigenvalue weighted by Gasteiger charge is 2.11. The lowest BCUT2D eigenvalue weighted by atomic mass is 10.1. The SMILES string of the molecule is O=C(/C=C/c1ccccc1[N+](=O)[O-])OCc1cc(-c2cccs2)on1. The smallest absolute Gasteiger partial charge is 0.331 e. The summed E-state index contributed by atoms with van der Waals surface area (Å²) in [5.41, 5.74) is 0.727. The predicted octanol–water partition coefficient (Wildman–Crippen LogP) is 4.07. The molecule has 0 bridgehead atoms. The van der Waals surface area contributed by atoms with Crippen LogP contribution in [0.5, 0.6) is 0 Å². The molecule has 0 aliphatic rings. The van der Waals surface area contributed by atoms with Crippen molar-refractivity contribution < 1.29 is 19.0 Å². The number of nitro benzene ring substituents is 1. The van der Waals surface area contributed by atoms with Gasteiger partial charge in [-0.05, 0) is 23.6 Å². The van der Waals surface area contributed by atoms with Crippen molar-refractivity contribution in [2.45, 2.75) is 6.61 Å². The summed E-state index contributed by atoms with van der Waals surface area (Å²) in [7, 11) is 0. The fourth-order valence-corrected chi connectivity index (χ4v) is 2.73. The van der Waals surface area contributed by atoms with E-state index in [0.717, 1.165) is 11.0 Å². The van der Waals surface area contributed by atoms with Gasteiger partial charge in [-0.1, -0.05) is 23.4 Å². The van der Waals surface area contributed by atoms with E-state index < -0.39 is 10.9 Å². The summed E-state index contributed by atoms with van der Waals surface area (Å²) in [5.74, 6) is -0.0182. The fourth-order valence-electron chi connectivity index (χ4n) is 2.06. The van der Waals surface area contributed by atoms with Gasteiger partial charge in [-0.15, -0.1) is 11.3 Å². The second-order valence-corrected chi connectivity index (χ2v) is 5.86. The van der Waals surface area contributed by atoms with Crippen LogP contribution in [-0.4, -0.2) is 16.0 Å². The number of hydrogen-bond donors (Lipinski definition) is 0. The number of hydrogen-bond acceptors (Lipinski definition) is 7. The summed E-state index contributed by atoms with van der Waals surface area (Å²) in [6, 6.07) is 11.6. The third-order valence-electron chi connectivity index (χ3n) is 3.22. The summed E-state index contributed by atoms with van der Waals surface area (Å²) < 4.78 is 10.3. The van der Waals surface area contributed by atoms with Crippen LogP contribution >= 0.6 is 11.3 Å². The zero-order valence-corrected chi connectivity index (χ0v) is 13.6. The van der Waals surface area contributed by atoms with Crippen molar-refractivity contribution in [3.05, 3.63) is 75.3 Å². The number of aromatic nitrogens is 1. The molecule has 0 radical (unpaired) electrons. The van der Waals surface area contributed by atoms with Gasteiger partial charge in [-0.3, -0.25) is 10.1 Å². The lowest BCUT2D eigenvalue weighted by molar-refractivity contribution is -0.385.